The van der Waals surface area contributed by atoms with Crippen LogP contribution in [0.15, 0.2) is 24.3 Å². The molecule has 132 valence electrons. The Morgan fingerprint density at radius 3 is 2.92 bits per heavy atom. The van der Waals surface area contributed by atoms with Crippen molar-refractivity contribution in [2.75, 3.05) is 0 Å². The molecule has 0 spiro atoms. The second-order valence-electron chi connectivity index (χ2n) is 6.17. The maximum Gasteiger partial charge on any atom is 0.243 e. The summed E-state index contributed by atoms with van der Waals surface area (Å²) in [6.07, 6.45) is 0.818. The van der Waals surface area contributed by atoms with E-state index < -0.39 is 6.04 Å². The van der Waals surface area contributed by atoms with Crippen molar-refractivity contribution >= 4 is 23.2 Å². The van der Waals surface area contributed by atoms with Crippen LogP contribution in [0.2, 0.25) is 0 Å². The highest BCUT2D eigenvalue weighted by atomic mass is 32.1. The van der Waals surface area contributed by atoms with E-state index in [-0.39, 0.29) is 24.2 Å². The number of likely N-dealkylation sites (tertiary alicyclic amines) is 1. The molecule has 1 aromatic heterocycles. The van der Waals surface area contributed by atoms with Crippen LogP contribution in [0.4, 0.5) is 4.39 Å². The Kier molecular flexibility index (Phi) is 5.13. The van der Waals surface area contributed by atoms with Crippen LogP contribution in [-0.2, 0) is 22.7 Å². The van der Waals surface area contributed by atoms with Crippen molar-refractivity contribution in [1.29, 1.82) is 0 Å². The van der Waals surface area contributed by atoms with Gasteiger partial charge in [0.25, 0.3) is 0 Å². The summed E-state index contributed by atoms with van der Waals surface area (Å²) in [4.78, 5) is 31.7. The predicted octanol–water partition coefficient (Wildman–Crippen LogP) is 2.71. The molecule has 1 unspecified atom stereocenters. The zero-order valence-electron chi connectivity index (χ0n) is 14.2. The van der Waals surface area contributed by atoms with Crippen molar-refractivity contribution in [2.24, 2.45) is 0 Å². The SMILES string of the molecule is Cc1nc(CNC(=O)C2CCC(=O)N2Cc2cccc(F)c2)sc1C. The van der Waals surface area contributed by atoms with Crippen LogP contribution in [0, 0.1) is 19.7 Å². The monoisotopic (exact) mass is 361 g/mol. The van der Waals surface area contributed by atoms with Gasteiger partial charge in [0.15, 0.2) is 0 Å². The molecule has 2 heterocycles. The number of carbonyl (C=O) groups is 2. The highest BCUT2D eigenvalue weighted by molar-refractivity contribution is 7.11. The van der Waals surface area contributed by atoms with Gasteiger partial charge in [-0.25, -0.2) is 9.37 Å². The van der Waals surface area contributed by atoms with Gasteiger partial charge < -0.3 is 10.2 Å². The van der Waals surface area contributed by atoms with E-state index in [0.717, 1.165) is 15.6 Å². The van der Waals surface area contributed by atoms with Crippen LogP contribution in [0.1, 0.15) is 34.0 Å². The number of benzene rings is 1. The first-order valence-electron chi connectivity index (χ1n) is 8.18. The Balaban J connectivity index is 1.65. The predicted molar refractivity (Wildman–Crippen MR) is 93.4 cm³/mol. The lowest BCUT2D eigenvalue weighted by Gasteiger charge is -2.24. The summed E-state index contributed by atoms with van der Waals surface area (Å²) in [5, 5.41) is 3.72. The van der Waals surface area contributed by atoms with Gasteiger partial charge in [-0.05, 0) is 38.0 Å². The van der Waals surface area contributed by atoms with Gasteiger partial charge in [-0.3, -0.25) is 9.59 Å². The van der Waals surface area contributed by atoms with Crippen molar-refractivity contribution in [3.05, 3.63) is 51.2 Å². The molecule has 1 fully saturated rings. The summed E-state index contributed by atoms with van der Waals surface area (Å²) >= 11 is 1.56. The lowest BCUT2D eigenvalue weighted by molar-refractivity contribution is -0.135. The molecule has 1 atom stereocenters. The van der Waals surface area contributed by atoms with Crippen LogP contribution in [0.3, 0.4) is 0 Å². The quantitative estimate of drug-likeness (QED) is 0.891. The van der Waals surface area contributed by atoms with E-state index in [1.54, 1.807) is 23.5 Å². The number of hydrogen-bond acceptors (Lipinski definition) is 4. The van der Waals surface area contributed by atoms with Crippen LogP contribution < -0.4 is 5.32 Å². The summed E-state index contributed by atoms with van der Waals surface area (Å²) in [7, 11) is 0. The molecular weight excluding hydrogens is 341 g/mol. The minimum absolute atomic E-state index is 0.0784. The number of carbonyl (C=O) groups excluding carboxylic acids is 2. The van der Waals surface area contributed by atoms with Gasteiger partial charge in [0.1, 0.15) is 16.9 Å². The van der Waals surface area contributed by atoms with E-state index in [4.69, 9.17) is 0 Å². The lowest BCUT2D eigenvalue weighted by atomic mass is 10.1. The second kappa shape index (κ2) is 7.31. The van der Waals surface area contributed by atoms with Gasteiger partial charge in [-0.15, -0.1) is 11.3 Å². The van der Waals surface area contributed by atoms with Crippen molar-refractivity contribution in [2.45, 2.75) is 45.8 Å². The molecule has 25 heavy (non-hydrogen) atoms. The van der Waals surface area contributed by atoms with E-state index in [1.165, 1.54) is 17.0 Å². The van der Waals surface area contributed by atoms with Gasteiger partial charge in [-0.2, -0.15) is 0 Å². The fourth-order valence-corrected chi connectivity index (χ4v) is 3.81. The number of aromatic nitrogens is 1. The second-order valence-corrected chi connectivity index (χ2v) is 7.46. The zero-order chi connectivity index (χ0) is 18.0. The standard InChI is InChI=1S/C18H20FN3O2S/c1-11-12(2)25-16(21-11)9-20-18(24)15-6-7-17(23)22(15)10-13-4-3-5-14(19)8-13/h3-5,8,15H,6-7,9-10H2,1-2H3,(H,20,24). The van der Waals surface area contributed by atoms with Gasteiger partial charge in [0, 0.05) is 17.8 Å². The number of nitrogens with zero attached hydrogens (tertiary/aromatic N) is 2. The molecule has 0 aliphatic carbocycles. The summed E-state index contributed by atoms with van der Waals surface area (Å²) in [5.74, 6) is -0.613. The van der Waals surface area contributed by atoms with Crippen molar-refractivity contribution < 1.29 is 14.0 Å². The van der Waals surface area contributed by atoms with Crippen molar-refractivity contribution in [3.8, 4) is 0 Å². The summed E-state index contributed by atoms with van der Waals surface area (Å²) in [5.41, 5.74) is 1.65. The maximum atomic E-state index is 13.3. The van der Waals surface area contributed by atoms with Crippen LogP contribution in [0.5, 0.6) is 0 Å². The minimum Gasteiger partial charge on any atom is -0.348 e. The number of hydrogen-bond donors (Lipinski definition) is 1. The van der Waals surface area contributed by atoms with Crippen LogP contribution in [0.25, 0.3) is 0 Å². The van der Waals surface area contributed by atoms with Crippen LogP contribution in [-0.4, -0.2) is 27.7 Å². The fraction of sp³-hybridized carbons (Fsp3) is 0.389. The average Bonchev–Trinajstić information content (AvgIpc) is 3.08. The highest BCUT2D eigenvalue weighted by Gasteiger charge is 2.35. The molecule has 7 heteroatoms. The molecule has 0 bridgehead atoms. The fourth-order valence-electron chi connectivity index (χ4n) is 2.93. The molecule has 3 rings (SSSR count). The van der Waals surface area contributed by atoms with E-state index >= 15 is 0 Å². The smallest absolute Gasteiger partial charge is 0.243 e. The first kappa shape index (κ1) is 17.5. The van der Waals surface area contributed by atoms with Crippen molar-refractivity contribution in [1.82, 2.24) is 15.2 Å². The number of halogens is 1. The summed E-state index contributed by atoms with van der Waals surface area (Å²) in [6.45, 7) is 4.53. The van der Waals surface area contributed by atoms with Gasteiger partial charge in [0.2, 0.25) is 11.8 Å². The molecule has 1 saturated heterocycles. The first-order valence-corrected chi connectivity index (χ1v) is 9.00. The first-order chi connectivity index (χ1) is 11.9. The molecule has 2 amide bonds. The average molecular weight is 361 g/mol. The maximum absolute atomic E-state index is 13.3. The molecule has 5 nitrogen and oxygen atoms in total. The molecule has 1 N–H and O–H groups in total. The summed E-state index contributed by atoms with van der Waals surface area (Å²) in [6, 6.07) is 5.59. The number of thiazole rings is 1. The van der Waals surface area contributed by atoms with E-state index in [9.17, 15) is 14.0 Å². The molecule has 1 aromatic carbocycles. The highest BCUT2D eigenvalue weighted by Crippen LogP contribution is 2.22. The van der Waals surface area contributed by atoms with Gasteiger partial charge in [0.05, 0.1) is 12.2 Å². The van der Waals surface area contributed by atoms with Gasteiger partial charge in [-0.1, -0.05) is 12.1 Å². The number of aryl methyl sites for hydroxylation is 2. The van der Waals surface area contributed by atoms with Crippen LogP contribution >= 0.6 is 11.3 Å². The Hall–Kier alpha value is -2.28. The van der Waals surface area contributed by atoms with E-state index in [0.29, 0.717) is 24.9 Å². The Morgan fingerprint density at radius 2 is 2.24 bits per heavy atom. The molecular formula is C18H20FN3O2S. The largest absolute Gasteiger partial charge is 0.348 e. The summed E-state index contributed by atoms with van der Waals surface area (Å²) < 4.78 is 13.3. The Labute approximate surface area is 149 Å². The third-order valence-electron chi connectivity index (χ3n) is 4.36. The topological polar surface area (TPSA) is 62.3 Å². The van der Waals surface area contributed by atoms with Gasteiger partial charge >= 0.3 is 0 Å². The number of nitrogens with one attached hydrogen (secondary N) is 1. The molecule has 2 aromatic rings. The van der Waals surface area contributed by atoms with E-state index in [2.05, 4.69) is 10.3 Å². The number of amides is 2. The number of rotatable bonds is 5. The normalized spacial score (nSPS) is 17.2. The molecule has 1 aliphatic heterocycles. The third kappa shape index (κ3) is 4.04. The van der Waals surface area contributed by atoms with Crippen molar-refractivity contribution in [3.63, 3.8) is 0 Å². The molecule has 0 radical (unpaired) electrons. The Bertz CT molecular complexity index is 786. The molecule has 1 aliphatic rings. The molecule has 0 saturated carbocycles. The Morgan fingerprint density at radius 1 is 1.44 bits per heavy atom. The third-order valence-corrected chi connectivity index (χ3v) is 5.43. The van der Waals surface area contributed by atoms with E-state index in [1.807, 2.05) is 13.8 Å². The lowest BCUT2D eigenvalue weighted by Crippen LogP contribution is -2.44. The zero-order valence-corrected chi connectivity index (χ0v) is 15.0. The minimum atomic E-state index is -0.516.